The van der Waals surface area contributed by atoms with E-state index in [0.717, 1.165) is 0 Å². The monoisotopic (exact) mass is 227 g/mol. The van der Waals surface area contributed by atoms with Crippen molar-refractivity contribution in [2.75, 3.05) is 11.5 Å². The van der Waals surface area contributed by atoms with Gasteiger partial charge in [0.15, 0.2) is 0 Å². The van der Waals surface area contributed by atoms with Gasteiger partial charge in [-0.25, -0.2) is 0 Å². The highest BCUT2D eigenvalue weighted by atomic mass is 16.5. The lowest BCUT2D eigenvalue weighted by Gasteiger charge is -2.05. The van der Waals surface area contributed by atoms with Crippen molar-refractivity contribution in [2.45, 2.75) is 0 Å². The number of nitrogens with zero attached hydrogens (tertiary/aromatic N) is 3. The number of ether oxygens (including phenoxy) is 1. The summed E-state index contributed by atoms with van der Waals surface area (Å²) >= 11 is 0. The Morgan fingerprint density at radius 1 is 1.18 bits per heavy atom. The average molecular weight is 227 g/mol. The molecular weight excluding hydrogens is 218 g/mol. The van der Waals surface area contributed by atoms with E-state index in [1.54, 1.807) is 24.3 Å². The van der Waals surface area contributed by atoms with Crippen molar-refractivity contribution in [2.24, 2.45) is 0 Å². The summed E-state index contributed by atoms with van der Waals surface area (Å²) in [6.45, 7) is 0. The fraction of sp³-hybridized carbons (Fsp3) is 0. The van der Waals surface area contributed by atoms with Crippen LogP contribution in [0.3, 0.4) is 0 Å². The molecule has 6 nitrogen and oxygen atoms in total. The van der Waals surface area contributed by atoms with Crippen LogP contribution >= 0.6 is 0 Å². The van der Waals surface area contributed by atoms with Crippen LogP contribution in [0.25, 0.3) is 0 Å². The summed E-state index contributed by atoms with van der Waals surface area (Å²) in [5, 5.41) is 8.75. The summed E-state index contributed by atoms with van der Waals surface area (Å²) in [7, 11) is 0. The number of anilines is 2. The second-order valence-electron chi connectivity index (χ2n) is 3.23. The minimum absolute atomic E-state index is 0.0384. The Labute approximate surface area is 97.5 Å². The molecule has 0 spiro atoms. The van der Waals surface area contributed by atoms with Crippen LogP contribution in [0.5, 0.6) is 11.6 Å². The maximum absolute atomic E-state index is 8.75. The number of hydrogen-bond acceptors (Lipinski definition) is 6. The van der Waals surface area contributed by atoms with Gasteiger partial charge in [0, 0.05) is 6.07 Å². The van der Waals surface area contributed by atoms with E-state index >= 15 is 0 Å². The molecule has 1 aromatic heterocycles. The third kappa shape index (κ3) is 2.60. The fourth-order valence-corrected chi connectivity index (χ4v) is 1.26. The van der Waals surface area contributed by atoms with Gasteiger partial charge >= 0.3 is 0 Å². The number of aromatic nitrogens is 2. The lowest BCUT2D eigenvalue weighted by atomic mass is 10.2. The molecule has 84 valence electrons. The van der Waals surface area contributed by atoms with Crippen LogP contribution in [0.2, 0.25) is 0 Å². The van der Waals surface area contributed by atoms with Crippen molar-refractivity contribution in [1.82, 2.24) is 9.97 Å². The van der Waals surface area contributed by atoms with Crippen molar-refractivity contribution in [3.63, 3.8) is 0 Å². The van der Waals surface area contributed by atoms with E-state index in [1.807, 2.05) is 6.07 Å². The van der Waals surface area contributed by atoms with Crippen molar-refractivity contribution < 1.29 is 4.74 Å². The molecular formula is C11H9N5O. The first-order valence-electron chi connectivity index (χ1n) is 4.75. The quantitative estimate of drug-likeness (QED) is 0.799. The Hall–Kier alpha value is -2.81. The standard InChI is InChI=1S/C11H9N5O/c12-6-7-2-1-3-8(4-7)17-10-5-9(13)15-11(14)16-10/h1-5H,(H4,13,14,15,16). The smallest absolute Gasteiger partial charge is 0.226 e. The summed E-state index contributed by atoms with van der Waals surface area (Å²) in [5.74, 6) is 0.993. The molecule has 2 rings (SSSR count). The summed E-state index contributed by atoms with van der Waals surface area (Å²) in [6.07, 6.45) is 0. The highest BCUT2D eigenvalue weighted by Gasteiger charge is 2.03. The van der Waals surface area contributed by atoms with E-state index in [0.29, 0.717) is 11.3 Å². The Morgan fingerprint density at radius 2 is 2.00 bits per heavy atom. The molecule has 0 fully saturated rings. The van der Waals surface area contributed by atoms with Crippen LogP contribution in [0.1, 0.15) is 5.56 Å². The van der Waals surface area contributed by atoms with Crippen LogP contribution in [-0.4, -0.2) is 9.97 Å². The molecule has 0 radical (unpaired) electrons. The number of hydrogen-bond donors (Lipinski definition) is 2. The molecule has 0 aliphatic heterocycles. The normalized spacial score (nSPS) is 9.59. The van der Waals surface area contributed by atoms with Gasteiger partial charge in [0.25, 0.3) is 0 Å². The molecule has 0 bridgehead atoms. The Balaban J connectivity index is 2.28. The summed E-state index contributed by atoms with van der Waals surface area (Å²) in [4.78, 5) is 7.59. The van der Waals surface area contributed by atoms with E-state index in [1.165, 1.54) is 6.07 Å². The van der Waals surface area contributed by atoms with Gasteiger partial charge in [-0.15, -0.1) is 0 Å². The van der Waals surface area contributed by atoms with Crippen molar-refractivity contribution in [3.05, 3.63) is 35.9 Å². The highest BCUT2D eigenvalue weighted by Crippen LogP contribution is 2.21. The van der Waals surface area contributed by atoms with Gasteiger partial charge in [-0.1, -0.05) is 6.07 Å². The van der Waals surface area contributed by atoms with Crippen molar-refractivity contribution in [1.29, 1.82) is 5.26 Å². The van der Waals surface area contributed by atoms with E-state index in [2.05, 4.69) is 9.97 Å². The summed E-state index contributed by atoms with van der Waals surface area (Å²) in [6, 6.07) is 10.1. The van der Waals surface area contributed by atoms with Crippen LogP contribution in [0, 0.1) is 11.3 Å². The Morgan fingerprint density at radius 3 is 2.71 bits per heavy atom. The van der Waals surface area contributed by atoms with Gasteiger partial charge in [0.1, 0.15) is 11.6 Å². The Bertz CT molecular complexity index is 570. The molecule has 1 heterocycles. The zero-order valence-corrected chi connectivity index (χ0v) is 8.79. The molecule has 1 aromatic carbocycles. The van der Waals surface area contributed by atoms with Crippen LogP contribution in [0.4, 0.5) is 11.8 Å². The van der Waals surface area contributed by atoms with Gasteiger partial charge in [-0.2, -0.15) is 15.2 Å². The van der Waals surface area contributed by atoms with Crippen molar-refractivity contribution in [3.8, 4) is 17.7 Å². The number of rotatable bonds is 2. The van der Waals surface area contributed by atoms with Gasteiger partial charge in [0.05, 0.1) is 11.6 Å². The molecule has 0 aliphatic rings. The van der Waals surface area contributed by atoms with E-state index < -0.39 is 0 Å². The minimum atomic E-state index is 0.0384. The average Bonchev–Trinajstić information content (AvgIpc) is 2.28. The summed E-state index contributed by atoms with van der Waals surface area (Å²) < 4.78 is 5.42. The third-order valence-electron chi connectivity index (χ3n) is 1.93. The molecule has 4 N–H and O–H groups in total. The highest BCUT2D eigenvalue weighted by molar-refractivity contribution is 5.42. The maximum Gasteiger partial charge on any atom is 0.226 e. The zero-order valence-electron chi connectivity index (χ0n) is 8.79. The van der Waals surface area contributed by atoms with Gasteiger partial charge in [-0.3, -0.25) is 0 Å². The molecule has 0 saturated carbocycles. The third-order valence-corrected chi connectivity index (χ3v) is 1.93. The number of benzene rings is 1. The zero-order chi connectivity index (χ0) is 12.3. The molecule has 0 aliphatic carbocycles. The molecule has 2 aromatic rings. The second kappa shape index (κ2) is 4.37. The summed E-state index contributed by atoms with van der Waals surface area (Å²) in [5.41, 5.74) is 11.4. The topological polar surface area (TPSA) is 111 Å². The largest absolute Gasteiger partial charge is 0.439 e. The SMILES string of the molecule is N#Cc1cccc(Oc2cc(N)nc(N)n2)c1. The van der Waals surface area contributed by atoms with E-state index in [-0.39, 0.29) is 17.6 Å². The molecule has 0 amide bonds. The lowest BCUT2D eigenvalue weighted by molar-refractivity contribution is 0.463. The number of nitriles is 1. The van der Waals surface area contributed by atoms with Crippen LogP contribution in [-0.2, 0) is 0 Å². The molecule has 0 atom stereocenters. The first-order valence-corrected chi connectivity index (χ1v) is 4.75. The predicted molar refractivity (Wildman–Crippen MR) is 62.1 cm³/mol. The fourth-order valence-electron chi connectivity index (χ4n) is 1.26. The lowest BCUT2D eigenvalue weighted by Crippen LogP contribution is -2.00. The van der Waals surface area contributed by atoms with Gasteiger partial charge in [-0.05, 0) is 18.2 Å². The first-order chi connectivity index (χ1) is 8.17. The second-order valence-corrected chi connectivity index (χ2v) is 3.23. The first kappa shape index (κ1) is 10.7. The molecule has 0 saturated heterocycles. The predicted octanol–water partition coefficient (Wildman–Crippen LogP) is 1.30. The van der Waals surface area contributed by atoms with Gasteiger partial charge < -0.3 is 16.2 Å². The molecule has 6 heteroatoms. The molecule has 0 unspecified atom stereocenters. The molecule has 17 heavy (non-hydrogen) atoms. The van der Waals surface area contributed by atoms with Crippen LogP contribution in [0.15, 0.2) is 30.3 Å². The van der Waals surface area contributed by atoms with E-state index in [4.69, 9.17) is 21.5 Å². The van der Waals surface area contributed by atoms with E-state index in [9.17, 15) is 0 Å². The maximum atomic E-state index is 8.75. The number of nitrogens with two attached hydrogens (primary N) is 2. The minimum Gasteiger partial charge on any atom is -0.439 e. The number of nitrogen functional groups attached to an aromatic ring is 2. The Kier molecular flexibility index (Phi) is 2.75. The van der Waals surface area contributed by atoms with Crippen molar-refractivity contribution >= 4 is 11.8 Å². The van der Waals surface area contributed by atoms with Crippen LogP contribution < -0.4 is 16.2 Å². The van der Waals surface area contributed by atoms with Gasteiger partial charge in [0.2, 0.25) is 11.8 Å².